The summed E-state index contributed by atoms with van der Waals surface area (Å²) in [5.41, 5.74) is 1.04. The van der Waals surface area contributed by atoms with Crippen molar-refractivity contribution in [1.29, 1.82) is 0 Å². The first-order chi connectivity index (χ1) is 13.0. The number of amides is 4. The van der Waals surface area contributed by atoms with Crippen molar-refractivity contribution < 1.29 is 19.3 Å². The Kier molecular flexibility index (Phi) is 4.79. The Bertz CT molecular complexity index is 857. The first kappa shape index (κ1) is 17.9. The van der Waals surface area contributed by atoms with Gasteiger partial charge in [0, 0.05) is 7.05 Å². The molecule has 0 spiro atoms. The van der Waals surface area contributed by atoms with E-state index in [0.717, 1.165) is 35.1 Å². The van der Waals surface area contributed by atoms with Gasteiger partial charge in [-0.15, -0.1) is 11.3 Å². The number of nitrogens with one attached hydrogen (secondary N) is 1. The van der Waals surface area contributed by atoms with Gasteiger partial charge in [0.25, 0.3) is 5.91 Å². The molecule has 2 aliphatic rings. The summed E-state index contributed by atoms with van der Waals surface area (Å²) in [6, 6.07) is 7.74. The minimum Gasteiger partial charge on any atom is -0.330 e. The summed E-state index contributed by atoms with van der Waals surface area (Å²) in [6.07, 6.45) is 0. The van der Waals surface area contributed by atoms with Gasteiger partial charge in [0.15, 0.2) is 0 Å². The summed E-state index contributed by atoms with van der Waals surface area (Å²) in [4.78, 5) is 46.4. The highest BCUT2D eigenvalue weighted by Gasteiger charge is 2.36. The van der Waals surface area contributed by atoms with E-state index in [-0.39, 0.29) is 24.9 Å². The molecule has 4 amide bonds. The van der Waals surface area contributed by atoms with E-state index in [4.69, 9.17) is 0 Å². The third kappa shape index (κ3) is 3.65. The Balaban J connectivity index is 1.30. The molecule has 9 heteroatoms. The monoisotopic (exact) mass is 388 g/mol. The van der Waals surface area contributed by atoms with Crippen molar-refractivity contribution in [2.75, 3.05) is 46.3 Å². The first-order valence-corrected chi connectivity index (χ1v) is 9.84. The average molecular weight is 388 g/mol. The number of carbonyl (C=O) groups is 3. The summed E-state index contributed by atoms with van der Waals surface area (Å²) in [5.74, 6) is -0.470. The van der Waals surface area contributed by atoms with Gasteiger partial charge >= 0.3 is 6.03 Å². The smallest absolute Gasteiger partial charge is 0.327 e. The summed E-state index contributed by atoms with van der Waals surface area (Å²) < 4.78 is 1.20. The van der Waals surface area contributed by atoms with E-state index in [2.05, 4.69) is 11.1 Å². The maximum absolute atomic E-state index is 12.5. The van der Waals surface area contributed by atoms with Gasteiger partial charge in [0.2, 0.25) is 5.91 Å². The van der Waals surface area contributed by atoms with E-state index in [1.807, 2.05) is 18.2 Å². The predicted molar refractivity (Wildman–Crippen MR) is 100 cm³/mol. The van der Waals surface area contributed by atoms with Crippen LogP contribution in [0.3, 0.4) is 0 Å². The van der Waals surface area contributed by atoms with Gasteiger partial charge in [-0.1, -0.05) is 12.1 Å². The summed E-state index contributed by atoms with van der Waals surface area (Å²) >= 11 is 1.72. The van der Waals surface area contributed by atoms with E-state index in [0.29, 0.717) is 13.1 Å². The Morgan fingerprint density at radius 2 is 1.96 bits per heavy atom. The second kappa shape index (κ2) is 7.24. The van der Waals surface area contributed by atoms with Crippen molar-refractivity contribution in [3.8, 4) is 0 Å². The maximum atomic E-state index is 12.5. The highest BCUT2D eigenvalue weighted by Crippen LogP contribution is 2.20. The first-order valence-electron chi connectivity index (χ1n) is 9.02. The zero-order chi connectivity index (χ0) is 19.0. The van der Waals surface area contributed by atoms with Crippen LogP contribution in [0.5, 0.6) is 0 Å². The number of benzene rings is 1. The number of quaternary nitrogens is 1. The number of rotatable bonds is 4. The van der Waals surface area contributed by atoms with Gasteiger partial charge in [0.1, 0.15) is 24.6 Å². The van der Waals surface area contributed by atoms with Crippen molar-refractivity contribution >= 4 is 39.4 Å². The van der Waals surface area contributed by atoms with E-state index >= 15 is 0 Å². The molecule has 142 valence electrons. The van der Waals surface area contributed by atoms with Crippen molar-refractivity contribution in [3.05, 3.63) is 29.3 Å². The molecular formula is C18H22N5O3S+. The fraction of sp³-hybridized carbons (Fsp3) is 0.444. The number of hydrogen-bond acceptors (Lipinski definition) is 5. The molecule has 2 aromatic rings. The minimum absolute atomic E-state index is 0.0478. The van der Waals surface area contributed by atoms with Gasteiger partial charge in [-0.3, -0.25) is 14.5 Å². The van der Waals surface area contributed by atoms with Gasteiger partial charge in [0.05, 0.1) is 36.4 Å². The predicted octanol–water partition coefficient (Wildman–Crippen LogP) is -0.583. The highest BCUT2D eigenvalue weighted by atomic mass is 32.1. The second-order valence-electron chi connectivity index (χ2n) is 7.00. The van der Waals surface area contributed by atoms with E-state index in [9.17, 15) is 14.4 Å². The number of likely N-dealkylation sites (N-methyl/N-ethyl adjacent to an activating group) is 1. The molecule has 8 nitrogen and oxygen atoms in total. The molecule has 0 saturated carbocycles. The summed E-state index contributed by atoms with van der Waals surface area (Å²) in [5, 5.41) is 1.11. The standard InChI is InChI=1S/C18H21N5O3S/c1-20-11-17(25)23(18(20)26)12-16(24)22-8-6-21(7-9-22)10-15-19-13-4-2-3-5-14(13)27-15/h2-5H,6-12H2,1H3/p+1. The van der Waals surface area contributed by atoms with Crippen LogP contribution < -0.4 is 4.90 Å². The molecule has 0 bridgehead atoms. The number of urea groups is 1. The van der Waals surface area contributed by atoms with Crippen LogP contribution >= 0.6 is 11.3 Å². The summed E-state index contributed by atoms with van der Waals surface area (Å²) in [7, 11) is 1.56. The van der Waals surface area contributed by atoms with Crippen LogP contribution in [0.4, 0.5) is 4.79 Å². The molecular weight excluding hydrogens is 366 g/mol. The largest absolute Gasteiger partial charge is 0.330 e. The summed E-state index contributed by atoms with van der Waals surface area (Å²) in [6.45, 7) is 3.68. The Morgan fingerprint density at radius 1 is 1.22 bits per heavy atom. The Morgan fingerprint density at radius 3 is 2.63 bits per heavy atom. The number of thiazole rings is 1. The quantitative estimate of drug-likeness (QED) is 0.711. The fourth-order valence-corrected chi connectivity index (χ4v) is 4.56. The normalized spacial score (nSPS) is 18.8. The zero-order valence-corrected chi connectivity index (χ0v) is 16.0. The molecule has 2 saturated heterocycles. The van der Waals surface area contributed by atoms with Crippen LogP contribution in [0.15, 0.2) is 24.3 Å². The molecule has 2 fully saturated rings. The number of fused-ring (bicyclic) bond motifs is 1. The number of para-hydroxylation sites is 1. The lowest BCUT2D eigenvalue weighted by molar-refractivity contribution is -0.917. The Labute approximate surface area is 160 Å². The number of hydrogen-bond donors (Lipinski definition) is 1. The van der Waals surface area contributed by atoms with Crippen LogP contribution in [0.1, 0.15) is 5.01 Å². The SMILES string of the molecule is CN1CC(=O)N(CC(=O)N2CC[NH+](Cc3nc4ccccc4s3)CC2)C1=O. The number of nitrogens with zero attached hydrogens (tertiary/aromatic N) is 4. The van der Waals surface area contributed by atoms with Crippen molar-refractivity contribution in [2.45, 2.75) is 6.54 Å². The third-order valence-electron chi connectivity index (χ3n) is 5.09. The van der Waals surface area contributed by atoms with Crippen molar-refractivity contribution in [2.24, 2.45) is 0 Å². The van der Waals surface area contributed by atoms with Gasteiger partial charge in [-0.25, -0.2) is 9.78 Å². The van der Waals surface area contributed by atoms with Gasteiger partial charge in [-0.2, -0.15) is 0 Å². The zero-order valence-electron chi connectivity index (χ0n) is 15.2. The van der Waals surface area contributed by atoms with Crippen LogP contribution in [0.2, 0.25) is 0 Å². The van der Waals surface area contributed by atoms with Crippen molar-refractivity contribution in [3.63, 3.8) is 0 Å². The number of aromatic nitrogens is 1. The van der Waals surface area contributed by atoms with E-state index in [1.54, 1.807) is 23.3 Å². The molecule has 1 aromatic heterocycles. The third-order valence-corrected chi connectivity index (χ3v) is 6.12. The molecule has 4 rings (SSSR count). The van der Waals surface area contributed by atoms with Crippen LogP contribution in [-0.2, 0) is 16.1 Å². The molecule has 0 aliphatic carbocycles. The Hall–Kier alpha value is -2.52. The van der Waals surface area contributed by atoms with Crippen LogP contribution in [-0.4, -0.2) is 83.8 Å². The number of carbonyl (C=O) groups excluding carboxylic acids is 3. The molecule has 1 N–H and O–H groups in total. The van der Waals surface area contributed by atoms with Crippen LogP contribution in [0, 0.1) is 0 Å². The second-order valence-corrected chi connectivity index (χ2v) is 8.12. The highest BCUT2D eigenvalue weighted by molar-refractivity contribution is 7.18. The van der Waals surface area contributed by atoms with Crippen molar-refractivity contribution in [1.82, 2.24) is 19.7 Å². The van der Waals surface area contributed by atoms with Gasteiger partial charge < -0.3 is 14.7 Å². The molecule has 0 radical (unpaired) electrons. The molecule has 3 heterocycles. The molecule has 27 heavy (non-hydrogen) atoms. The molecule has 2 aliphatic heterocycles. The molecule has 0 atom stereocenters. The van der Waals surface area contributed by atoms with E-state index in [1.165, 1.54) is 14.5 Å². The average Bonchev–Trinajstić information content (AvgIpc) is 3.17. The maximum Gasteiger partial charge on any atom is 0.327 e. The number of imide groups is 1. The lowest BCUT2D eigenvalue weighted by Gasteiger charge is -2.32. The number of piperazine rings is 1. The topological polar surface area (TPSA) is 78.3 Å². The van der Waals surface area contributed by atoms with Gasteiger partial charge in [-0.05, 0) is 12.1 Å². The molecule has 1 aromatic carbocycles. The van der Waals surface area contributed by atoms with E-state index < -0.39 is 6.03 Å². The minimum atomic E-state index is -0.395. The molecule has 0 unspecified atom stereocenters. The fourth-order valence-electron chi connectivity index (χ4n) is 3.52. The van der Waals surface area contributed by atoms with Crippen LogP contribution in [0.25, 0.3) is 10.2 Å². The lowest BCUT2D eigenvalue weighted by Crippen LogP contribution is -3.13. The lowest BCUT2D eigenvalue weighted by atomic mass is 10.3.